The van der Waals surface area contributed by atoms with Crippen LogP contribution in [0.1, 0.15) is 50.8 Å². The zero-order valence-corrected chi connectivity index (χ0v) is 18.9. The van der Waals surface area contributed by atoms with Crippen molar-refractivity contribution in [2.24, 2.45) is 5.73 Å². The summed E-state index contributed by atoms with van der Waals surface area (Å²) in [7, 11) is 0. The van der Waals surface area contributed by atoms with Crippen LogP contribution in [0.15, 0.2) is 18.3 Å². The number of amides is 2. The number of rotatable bonds is 6. The van der Waals surface area contributed by atoms with Gasteiger partial charge in [-0.2, -0.15) is 0 Å². The average Bonchev–Trinajstić information content (AvgIpc) is 3.31. The molecule has 31 heavy (non-hydrogen) atoms. The van der Waals surface area contributed by atoms with Crippen LogP contribution in [0.25, 0.3) is 10.4 Å². The second-order valence-electron chi connectivity index (χ2n) is 7.99. The molecule has 0 saturated carbocycles. The zero-order valence-electron chi connectivity index (χ0n) is 17.3. The molecule has 4 N–H and O–H groups in total. The van der Waals surface area contributed by atoms with Crippen LogP contribution in [0.2, 0.25) is 0 Å². The number of pyridine rings is 1. The van der Waals surface area contributed by atoms with E-state index in [4.69, 9.17) is 10.5 Å². The van der Waals surface area contributed by atoms with Gasteiger partial charge in [-0.1, -0.05) is 11.3 Å². The number of hydrogen-bond donors (Lipinski definition) is 3. The van der Waals surface area contributed by atoms with E-state index in [2.05, 4.69) is 14.7 Å². The van der Waals surface area contributed by atoms with E-state index in [0.29, 0.717) is 27.8 Å². The number of aryl methyl sites for hydroxylation is 2. The maximum absolute atomic E-state index is 12.3. The molecule has 0 unspecified atom stereocenters. The molecule has 0 fully saturated rings. The largest absolute Gasteiger partial charge is 0.444 e. The van der Waals surface area contributed by atoms with Crippen LogP contribution in [0.4, 0.5) is 0 Å². The van der Waals surface area contributed by atoms with Crippen molar-refractivity contribution in [1.29, 1.82) is 0 Å². The van der Waals surface area contributed by atoms with E-state index in [1.54, 1.807) is 32.9 Å². The lowest BCUT2D eigenvalue weighted by atomic mass is 9.93. The highest BCUT2D eigenvalue weighted by molar-refractivity contribution is 7.17. The van der Waals surface area contributed by atoms with Crippen molar-refractivity contribution in [1.82, 2.24) is 14.7 Å². The third-order valence-electron chi connectivity index (χ3n) is 4.87. The summed E-state index contributed by atoms with van der Waals surface area (Å²) in [6.07, 6.45) is 3.36. The Morgan fingerprint density at radius 2 is 2.10 bits per heavy atom. The van der Waals surface area contributed by atoms with Crippen molar-refractivity contribution < 1.29 is 19.4 Å². The van der Waals surface area contributed by atoms with Gasteiger partial charge in [-0.3, -0.25) is 9.59 Å². The van der Waals surface area contributed by atoms with Crippen molar-refractivity contribution in [3.8, 4) is 21.3 Å². The summed E-state index contributed by atoms with van der Waals surface area (Å²) < 4.78 is 10.5. The zero-order chi connectivity index (χ0) is 22.3. The molecule has 1 aliphatic carbocycles. The van der Waals surface area contributed by atoms with Gasteiger partial charge < -0.3 is 20.9 Å². The van der Waals surface area contributed by atoms with Gasteiger partial charge in [-0.05, 0) is 68.4 Å². The molecule has 3 aromatic heterocycles. The normalized spacial score (nSPS) is 12.8. The Bertz CT molecular complexity index is 1180. The van der Waals surface area contributed by atoms with Gasteiger partial charge in [0, 0.05) is 12.7 Å². The van der Waals surface area contributed by atoms with E-state index in [1.165, 1.54) is 22.9 Å². The Labute approximate surface area is 187 Å². The second kappa shape index (κ2) is 8.03. The first-order chi connectivity index (χ1) is 14.6. The standard InChI is InChI=1S/C21H22N4O4S2/c1-10-14(7-6-13(25-10)19(27)23-9-21(2,3)28)29-20-15-12(17(30-20)18(22)26)5-4-11-8-24-31-16(11)15/h6-8,28H,4-5,9H2,1-3H3,(H2,22,26)(H,23,27). The lowest BCUT2D eigenvalue weighted by molar-refractivity contribution is 0.0692. The number of primary amides is 1. The fourth-order valence-electron chi connectivity index (χ4n) is 3.35. The topological polar surface area (TPSA) is 127 Å². The molecule has 2 amide bonds. The van der Waals surface area contributed by atoms with E-state index in [1.807, 2.05) is 6.20 Å². The number of carbonyl (C=O) groups excluding carboxylic acids is 2. The van der Waals surface area contributed by atoms with E-state index in [-0.39, 0.29) is 18.1 Å². The molecule has 3 heterocycles. The van der Waals surface area contributed by atoms with E-state index in [0.717, 1.165) is 28.0 Å². The molecule has 3 aromatic rings. The first kappa shape index (κ1) is 21.4. The summed E-state index contributed by atoms with van der Waals surface area (Å²) in [5.41, 5.74) is 8.25. The van der Waals surface area contributed by atoms with Crippen molar-refractivity contribution in [3.63, 3.8) is 0 Å². The summed E-state index contributed by atoms with van der Waals surface area (Å²) in [5, 5.41) is 13.0. The molecular formula is C21H22N4O4S2. The molecule has 10 heteroatoms. The molecule has 0 atom stereocenters. The van der Waals surface area contributed by atoms with E-state index >= 15 is 0 Å². The monoisotopic (exact) mass is 458 g/mol. The summed E-state index contributed by atoms with van der Waals surface area (Å²) in [5.74, 6) is -0.371. The minimum atomic E-state index is -1.01. The maximum atomic E-state index is 12.3. The van der Waals surface area contributed by atoms with Crippen LogP contribution in [-0.4, -0.2) is 38.4 Å². The third-order valence-corrected chi connectivity index (χ3v) is 6.85. The maximum Gasteiger partial charge on any atom is 0.269 e. The number of fused-ring (bicyclic) bond motifs is 3. The first-order valence-electron chi connectivity index (χ1n) is 9.69. The molecule has 8 nitrogen and oxygen atoms in total. The molecule has 4 rings (SSSR count). The lowest BCUT2D eigenvalue weighted by Crippen LogP contribution is -2.38. The molecule has 0 radical (unpaired) electrons. The molecule has 0 aliphatic heterocycles. The van der Waals surface area contributed by atoms with Crippen LogP contribution in [-0.2, 0) is 12.8 Å². The molecular weight excluding hydrogens is 436 g/mol. The van der Waals surface area contributed by atoms with Gasteiger partial charge in [0.15, 0.2) is 5.06 Å². The van der Waals surface area contributed by atoms with E-state index < -0.39 is 11.5 Å². The first-order valence-corrected chi connectivity index (χ1v) is 11.3. The third kappa shape index (κ3) is 4.32. The van der Waals surface area contributed by atoms with Gasteiger partial charge in [0.25, 0.3) is 11.8 Å². The smallest absolute Gasteiger partial charge is 0.269 e. The van der Waals surface area contributed by atoms with Crippen molar-refractivity contribution in [3.05, 3.63) is 45.7 Å². The predicted molar refractivity (Wildman–Crippen MR) is 119 cm³/mol. The number of nitrogens with one attached hydrogen (secondary N) is 1. The molecule has 0 bridgehead atoms. The predicted octanol–water partition coefficient (Wildman–Crippen LogP) is 3.07. The number of thiophene rings is 1. The van der Waals surface area contributed by atoms with Crippen molar-refractivity contribution in [2.75, 3.05) is 6.54 Å². The van der Waals surface area contributed by atoms with Gasteiger partial charge in [0.1, 0.15) is 11.4 Å². The van der Waals surface area contributed by atoms with Gasteiger partial charge >= 0.3 is 0 Å². The highest BCUT2D eigenvalue weighted by atomic mass is 32.1. The van der Waals surface area contributed by atoms with Crippen LogP contribution < -0.4 is 15.8 Å². The molecule has 0 aromatic carbocycles. The fraction of sp³-hybridized carbons (Fsp3) is 0.333. The summed E-state index contributed by atoms with van der Waals surface area (Å²) in [6, 6.07) is 3.24. The molecule has 1 aliphatic rings. The Balaban J connectivity index is 1.64. The number of aromatic nitrogens is 2. The average molecular weight is 459 g/mol. The number of ether oxygens (including phenoxy) is 1. The van der Waals surface area contributed by atoms with Gasteiger partial charge in [0.2, 0.25) is 0 Å². The van der Waals surface area contributed by atoms with Gasteiger partial charge in [0.05, 0.1) is 26.6 Å². The number of aliphatic hydroxyl groups is 1. The number of carbonyl (C=O) groups is 2. The molecule has 162 valence electrons. The Hall–Kier alpha value is -2.82. The number of hydrogen-bond acceptors (Lipinski definition) is 8. The lowest BCUT2D eigenvalue weighted by Gasteiger charge is -2.17. The Morgan fingerprint density at radius 1 is 1.32 bits per heavy atom. The SMILES string of the molecule is Cc1nc(C(=O)NCC(C)(C)O)ccc1Oc1sc(C(N)=O)c2c1-c1sncc1CC2. The Morgan fingerprint density at radius 3 is 2.77 bits per heavy atom. The fourth-order valence-corrected chi connectivity index (χ4v) is 5.36. The minimum Gasteiger partial charge on any atom is -0.444 e. The summed E-state index contributed by atoms with van der Waals surface area (Å²) in [4.78, 5) is 30.1. The Kier molecular flexibility index (Phi) is 5.54. The summed E-state index contributed by atoms with van der Waals surface area (Å²) >= 11 is 2.59. The van der Waals surface area contributed by atoms with Crippen LogP contribution >= 0.6 is 22.9 Å². The molecule has 0 saturated heterocycles. The minimum absolute atomic E-state index is 0.110. The van der Waals surface area contributed by atoms with Crippen LogP contribution in [0.3, 0.4) is 0 Å². The highest BCUT2D eigenvalue weighted by Crippen LogP contribution is 2.50. The van der Waals surface area contributed by atoms with Crippen LogP contribution in [0, 0.1) is 6.92 Å². The van der Waals surface area contributed by atoms with Crippen LogP contribution in [0.5, 0.6) is 10.8 Å². The molecule has 0 spiro atoms. The van der Waals surface area contributed by atoms with Gasteiger partial charge in [-0.25, -0.2) is 9.36 Å². The quantitative estimate of drug-likeness (QED) is 0.521. The second-order valence-corrected chi connectivity index (χ2v) is 9.78. The highest BCUT2D eigenvalue weighted by Gasteiger charge is 2.30. The van der Waals surface area contributed by atoms with Crippen molar-refractivity contribution in [2.45, 2.75) is 39.2 Å². The number of nitrogens with zero attached hydrogens (tertiary/aromatic N) is 2. The van der Waals surface area contributed by atoms with Gasteiger partial charge in [-0.15, -0.1) is 0 Å². The summed E-state index contributed by atoms with van der Waals surface area (Å²) in [6.45, 7) is 5.08. The van der Waals surface area contributed by atoms with Crippen molar-refractivity contribution >= 4 is 34.7 Å². The van der Waals surface area contributed by atoms with E-state index in [9.17, 15) is 14.7 Å². The number of nitrogens with two attached hydrogens (primary N) is 1.